The third-order valence-electron chi connectivity index (χ3n) is 1.76. The van der Waals surface area contributed by atoms with Crippen LogP contribution in [0.2, 0.25) is 0 Å². The number of rotatable bonds is 6. The minimum atomic E-state index is -0.608. The summed E-state index contributed by atoms with van der Waals surface area (Å²) in [6, 6.07) is 0.559. The van der Waals surface area contributed by atoms with Crippen LogP contribution < -0.4 is 5.32 Å². The van der Waals surface area contributed by atoms with Gasteiger partial charge in [-0.1, -0.05) is 13.8 Å². The molecule has 0 aromatic carbocycles. The molecule has 0 aliphatic rings. The standard InChI is InChI=1S/C8H19NOS/c1-4-8(3)9-6-7-11(10)5-2/h8-9H,4-7H2,1-3H3. The summed E-state index contributed by atoms with van der Waals surface area (Å²) in [5, 5.41) is 3.30. The first kappa shape index (κ1) is 11.1. The van der Waals surface area contributed by atoms with E-state index in [0.717, 1.165) is 24.5 Å². The molecule has 0 saturated heterocycles. The minimum absolute atomic E-state index is 0.559. The van der Waals surface area contributed by atoms with E-state index in [-0.39, 0.29) is 0 Å². The molecule has 0 aromatic heterocycles. The average molecular weight is 177 g/mol. The summed E-state index contributed by atoms with van der Waals surface area (Å²) in [6.07, 6.45) is 1.14. The van der Waals surface area contributed by atoms with Crippen LogP contribution in [-0.2, 0) is 10.8 Å². The van der Waals surface area contributed by atoms with Gasteiger partial charge in [-0.05, 0) is 13.3 Å². The molecule has 0 aromatic rings. The summed E-state index contributed by atoms with van der Waals surface area (Å²) < 4.78 is 11.0. The first-order chi connectivity index (χ1) is 5.20. The van der Waals surface area contributed by atoms with Crippen LogP contribution in [0.3, 0.4) is 0 Å². The van der Waals surface area contributed by atoms with Crippen molar-refractivity contribution in [1.29, 1.82) is 0 Å². The van der Waals surface area contributed by atoms with Gasteiger partial charge in [-0.3, -0.25) is 4.21 Å². The van der Waals surface area contributed by atoms with Gasteiger partial charge in [0, 0.05) is 34.9 Å². The molecule has 11 heavy (non-hydrogen) atoms. The zero-order chi connectivity index (χ0) is 8.69. The Kier molecular flexibility index (Phi) is 6.87. The summed E-state index contributed by atoms with van der Waals surface area (Å²) in [6.45, 7) is 7.14. The fraction of sp³-hybridized carbons (Fsp3) is 1.00. The van der Waals surface area contributed by atoms with Crippen molar-refractivity contribution in [2.45, 2.75) is 33.2 Å². The van der Waals surface area contributed by atoms with E-state index in [1.54, 1.807) is 0 Å². The van der Waals surface area contributed by atoms with Crippen molar-refractivity contribution in [2.75, 3.05) is 18.1 Å². The summed E-state index contributed by atoms with van der Waals surface area (Å²) >= 11 is 0. The Morgan fingerprint density at radius 3 is 2.55 bits per heavy atom. The molecule has 0 radical (unpaired) electrons. The highest BCUT2D eigenvalue weighted by atomic mass is 32.2. The third kappa shape index (κ3) is 6.51. The second-order valence-corrected chi connectivity index (χ2v) is 4.56. The number of nitrogens with one attached hydrogen (secondary N) is 1. The lowest BCUT2D eigenvalue weighted by Crippen LogP contribution is -2.29. The predicted octanol–water partition coefficient (Wildman–Crippen LogP) is 1.14. The van der Waals surface area contributed by atoms with Gasteiger partial charge < -0.3 is 5.32 Å². The van der Waals surface area contributed by atoms with Crippen LogP contribution in [-0.4, -0.2) is 28.3 Å². The van der Waals surface area contributed by atoms with Crippen molar-refractivity contribution in [1.82, 2.24) is 5.32 Å². The van der Waals surface area contributed by atoms with Crippen LogP contribution in [0, 0.1) is 0 Å². The summed E-state index contributed by atoms with van der Waals surface area (Å²) in [4.78, 5) is 0. The molecule has 0 fully saturated rings. The smallest absolute Gasteiger partial charge is 0.0360 e. The second-order valence-electron chi connectivity index (χ2n) is 2.70. The van der Waals surface area contributed by atoms with E-state index in [9.17, 15) is 4.21 Å². The van der Waals surface area contributed by atoms with E-state index in [4.69, 9.17) is 0 Å². The van der Waals surface area contributed by atoms with Crippen LogP contribution in [0.15, 0.2) is 0 Å². The molecule has 0 aliphatic heterocycles. The van der Waals surface area contributed by atoms with Crippen molar-refractivity contribution in [3.8, 4) is 0 Å². The van der Waals surface area contributed by atoms with Crippen molar-refractivity contribution >= 4 is 10.8 Å². The number of hydrogen-bond donors (Lipinski definition) is 1. The molecule has 2 nitrogen and oxygen atoms in total. The lowest BCUT2D eigenvalue weighted by Gasteiger charge is -2.09. The maximum Gasteiger partial charge on any atom is 0.0360 e. The van der Waals surface area contributed by atoms with Crippen molar-refractivity contribution in [2.24, 2.45) is 0 Å². The fourth-order valence-corrected chi connectivity index (χ4v) is 1.34. The number of hydrogen-bond acceptors (Lipinski definition) is 2. The molecule has 3 heteroatoms. The Balaban J connectivity index is 3.20. The highest BCUT2D eigenvalue weighted by Crippen LogP contribution is 1.87. The summed E-state index contributed by atoms with van der Waals surface area (Å²) in [5.41, 5.74) is 0. The topological polar surface area (TPSA) is 29.1 Å². The minimum Gasteiger partial charge on any atom is -0.313 e. The first-order valence-corrected chi connectivity index (χ1v) is 5.77. The lowest BCUT2D eigenvalue weighted by atomic mass is 10.3. The Morgan fingerprint density at radius 1 is 1.45 bits per heavy atom. The second kappa shape index (κ2) is 6.80. The summed E-state index contributed by atoms with van der Waals surface area (Å²) in [7, 11) is -0.608. The van der Waals surface area contributed by atoms with Crippen LogP contribution in [0.1, 0.15) is 27.2 Å². The Bertz CT molecular complexity index is 117. The van der Waals surface area contributed by atoms with Gasteiger partial charge in [-0.15, -0.1) is 0 Å². The van der Waals surface area contributed by atoms with Crippen LogP contribution in [0.25, 0.3) is 0 Å². The molecule has 68 valence electrons. The molecule has 0 rings (SSSR count). The predicted molar refractivity (Wildman–Crippen MR) is 51.3 cm³/mol. The van der Waals surface area contributed by atoms with Gasteiger partial charge >= 0.3 is 0 Å². The molecule has 0 bridgehead atoms. The molecule has 0 spiro atoms. The zero-order valence-corrected chi connectivity index (χ0v) is 8.54. The van der Waals surface area contributed by atoms with E-state index in [1.807, 2.05) is 6.92 Å². The van der Waals surface area contributed by atoms with E-state index in [2.05, 4.69) is 19.2 Å². The maximum atomic E-state index is 11.0. The van der Waals surface area contributed by atoms with Gasteiger partial charge in [0.1, 0.15) is 0 Å². The monoisotopic (exact) mass is 177 g/mol. The van der Waals surface area contributed by atoms with Gasteiger partial charge in [0.05, 0.1) is 0 Å². The van der Waals surface area contributed by atoms with Crippen molar-refractivity contribution in [3.05, 3.63) is 0 Å². The molecule has 1 N–H and O–H groups in total. The zero-order valence-electron chi connectivity index (χ0n) is 7.72. The lowest BCUT2D eigenvalue weighted by molar-refractivity contribution is 0.553. The van der Waals surface area contributed by atoms with Crippen molar-refractivity contribution < 1.29 is 4.21 Å². The molecule has 0 heterocycles. The van der Waals surface area contributed by atoms with Crippen LogP contribution in [0.4, 0.5) is 0 Å². The van der Waals surface area contributed by atoms with E-state index in [0.29, 0.717) is 6.04 Å². The Morgan fingerprint density at radius 2 is 2.09 bits per heavy atom. The maximum absolute atomic E-state index is 11.0. The SMILES string of the molecule is CCC(C)NCCS(=O)CC. The van der Waals surface area contributed by atoms with Gasteiger partial charge in [-0.25, -0.2) is 0 Å². The molecule has 2 atom stereocenters. The van der Waals surface area contributed by atoms with Gasteiger partial charge in [0.25, 0.3) is 0 Å². The van der Waals surface area contributed by atoms with Gasteiger partial charge in [0.2, 0.25) is 0 Å². The van der Waals surface area contributed by atoms with Crippen LogP contribution >= 0.6 is 0 Å². The van der Waals surface area contributed by atoms with Crippen molar-refractivity contribution in [3.63, 3.8) is 0 Å². The Hall–Kier alpha value is 0.110. The molecular formula is C8H19NOS. The normalized spacial score (nSPS) is 16.3. The quantitative estimate of drug-likeness (QED) is 0.659. The summed E-state index contributed by atoms with van der Waals surface area (Å²) in [5.74, 6) is 1.57. The average Bonchev–Trinajstić information content (AvgIpc) is 2.04. The molecule has 2 unspecified atom stereocenters. The first-order valence-electron chi connectivity index (χ1n) is 4.29. The van der Waals surface area contributed by atoms with E-state index in [1.165, 1.54) is 0 Å². The Labute approximate surface area is 72.2 Å². The van der Waals surface area contributed by atoms with E-state index >= 15 is 0 Å². The molecule has 0 amide bonds. The molecule has 0 saturated carbocycles. The highest BCUT2D eigenvalue weighted by Gasteiger charge is 1.98. The highest BCUT2D eigenvalue weighted by molar-refractivity contribution is 7.84. The van der Waals surface area contributed by atoms with Gasteiger partial charge in [-0.2, -0.15) is 0 Å². The molecular weight excluding hydrogens is 158 g/mol. The molecule has 0 aliphatic carbocycles. The third-order valence-corrected chi connectivity index (χ3v) is 3.06. The van der Waals surface area contributed by atoms with Crippen LogP contribution in [0.5, 0.6) is 0 Å². The fourth-order valence-electron chi connectivity index (χ4n) is 0.708. The largest absolute Gasteiger partial charge is 0.313 e. The van der Waals surface area contributed by atoms with Gasteiger partial charge in [0.15, 0.2) is 0 Å². The van der Waals surface area contributed by atoms with E-state index < -0.39 is 10.8 Å².